The van der Waals surface area contributed by atoms with Crippen molar-refractivity contribution in [3.63, 3.8) is 0 Å². The van der Waals surface area contributed by atoms with Gasteiger partial charge in [0.1, 0.15) is 5.75 Å². The van der Waals surface area contributed by atoms with Gasteiger partial charge in [-0.05, 0) is 54.0 Å². The summed E-state index contributed by atoms with van der Waals surface area (Å²) in [4.78, 5) is 8.22. The molecule has 0 saturated heterocycles. The molecule has 0 unspecified atom stereocenters. The lowest BCUT2D eigenvalue weighted by Crippen LogP contribution is -2.15. The Hall–Kier alpha value is -1.67. The molecule has 0 aliphatic carbocycles. The quantitative estimate of drug-likeness (QED) is 0.893. The van der Waals surface area contributed by atoms with E-state index in [0.29, 0.717) is 21.6 Å². The number of anilines is 1. The zero-order valence-electron chi connectivity index (χ0n) is 11.7. The van der Waals surface area contributed by atoms with Crippen LogP contribution in [0.3, 0.4) is 0 Å². The van der Waals surface area contributed by atoms with E-state index < -0.39 is 10.0 Å². The highest BCUT2D eigenvalue weighted by Crippen LogP contribution is 2.28. The van der Waals surface area contributed by atoms with Crippen LogP contribution in [0.5, 0.6) is 5.75 Å². The van der Waals surface area contributed by atoms with Crippen LogP contribution in [-0.4, -0.2) is 25.5 Å². The molecule has 1 aromatic heterocycles. The number of ether oxygens (including phenoxy) is 1. The lowest BCUT2D eigenvalue weighted by molar-refractivity contribution is 0.411. The Bertz CT molecular complexity index is 758. The monoisotopic (exact) mass is 371 g/mol. The van der Waals surface area contributed by atoms with Gasteiger partial charge in [-0.2, -0.15) is 0 Å². The van der Waals surface area contributed by atoms with Crippen LogP contribution in [0, 0.1) is 13.8 Å². The normalized spacial score (nSPS) is 11.2. The summed E-state index contributed by atoms with van der Waals surface area (Å²) >= 11 is 3.26. The molecule has 0 radical (unpaired) electrons. The van der Waals surface area contributed by atoms with E-state index in [1.54, 1.807) is 26.0 Å². The van der Waals surface area contributed by atoms with Crippen LogP contribution in [0.1, 0.15) is 11.4 Å². The second-order valence-corrected chi connectivity index (χ2v) is 6.91. The smallest absolute Gasteiger partial charge is 0.264 e. The van der Waals surface area contributed by atoms with Gasteiger partial charge >= 0.3 is 0 Å². The number of benzene rings is 1. The first-order valence-electron chi connectivity index (χ1n) is 6.00. The largest absolute Gasteiger partial charge is 0.496 e. The number of aromatic nitrogens is 2. The minimum absolute atomic E-state index is 0.0550. The van der Waals surface area contributed by atoms with Crippen LogP contribution < -0.4 is 9.46 Å². The van der Waals surface area contributed by atoms with E-state index in [2.05, 4.69) is 30.6 Å². The van der Waals surface area contributed by atoms with Crippen molar-refractivity contribution < 1.29 is 13.2 Å². The SMILES string of the molecule is COc1ccc(S(=O)(=O)Nc2nc(C)cc(C)n2)cc1Br. The maximum atomic E-state index is 12.3. The molecule has 2 aromatic rings. The Kier molecular flexibility index (Phi) is 4.48. The van der Waals surface area contributed by atoms with E-state index in [-0.39, 0.29) is 10.8 Å². The highest BCUT2D eigenvalue weighted by Gasteiger charge is 2.17. The molecule has 0 aliphatic rings. The molecule has 1 aromatic carbocycles. The number of halogens is 1. The lowest BCUT2D eigenvalue weighted by atomic mass is 10.3. The van der Waals surface area contributed by atoms with Crippen molar-refractivity contribution in [2.45, 2.75) is 18.7 Å². The Morgan fingerprint density at radius 2 is 1.76 bits per heavy atom. The number of hydrogen-bond acceptors (Lipinski definition) is 5. The van der Waals surface area contributed by atoms with Crippen molar-refractivity contribution in [2.24, 2.45) is 0 Å². The van der Waals surface area contributed by atoms with Crippen LogP contribution in [-0.2, 0) is 10.0 Å². The van der Waals surface area contributed by atoms with Crippen molar-refractivity contribution in [1.29, 1.82) is 0 Å². The molecule has 1 heterocycles. The number of aryl methyl sites for hydroxylation is 2. The van der Waals surface area contributed by atoms with Crippen molar-refractivity contribution in [3.8, 4) is 5.75 Å². The molecule has 6 nitrogen and oxygen atoms in total. The summed E-state index contributed by atoms with van der Waals surface area (Å²) in [5.74, 6) is 0.607. The summed E-state index contributed by atoms with van der Waals surface area (Å²) in [6.45, 7) is 3.55. The lowest BCUT2D eigenvalue weighted by Gasteiger charge is -2.09. The van der Waals surface area contributed by atoms with Gasteiger partial charge in [0.25, 0.3) is 10.0 Å². The van der Waals surface area contributed by atoms with Crippen molar-refractivity contribution in [2.75, 3.05) is 11.8 Å². The fraction of sp³-hybridized carbons (Fsp3) is 0.231. The number of nitrogens with zero attached hydrogens (tertiary/aromatic N) is 2. The van der Waals surface area contributed by atoms with Crippen LogP contribution in [0.25, 0.3) is 0 Å². The summed E-state index contributed by atoms with van der Waals surface area (Å²) in [7, 11) is -2.25. The molecule has 1 N–H and O–H groups in total. The average Bonchev–Trinajstić information content (AvgIpc) is 2.36. The third kappa shape index (κ3) is 3.70. The number of methoxy groups -OCH3 is 1. The molecule has 2 rings (SSSR count). The fourth-order valence-corrected chi connectivity index (χ4v) is 3.43. The zero-order chi connectivity index (χ0) is 15.6. The zero-order valence-corrected chi connectivity index (χ0v) is 14.1. The van der Waals surface area contributed by atoms with E-state index in [4.69, 9.17) is 4.74 Å². The third-order valence-corrected chi connectivity index (χ3v) is 4.59. The van der Waals surface area contributed by atoms with E-state index >= 15 is 0 Å². The number of nitrogens with one attached hydrogen (secondary N) is 1. The third-order valence-electron chi connectivity index (χ3n) is 2.64. The molecule has 0 fully saturated rings. The van der Waals surface area contributed by atoms with Crippen LogP contribution in [0.15, 0.2) is 33.6 Å². The van der Waals surface area contributed by atoms with Crippen LogP contribution in [0.2, 0.25) is 0 Å². The van der Waals surface area contributed by atoms with Gasteiger partial charge in [-0.25, -0.2) is 23.1 Å². The van der Waals surface area contributed by atoms with Gasteiger partial charge < -0.3 is 4.74 Å². The van der Waals surface area contributed by atoms with E-state index in [0.717, 1.165) is 0 Å². The minimum atomic E-state index is -3.75. The summed E-state index contributed by atoms with van der Waals surface area (Å²) in [6, 6.07) is 6.25. The first kappa shape index (κ1) is 15.7. The van der Waals surface area contributed by atoms with Gasteiger partial charge in [0, 0.05) is 11.4 Å². The van der Waals surface area contributed by atoms with E-state index in [1.165, 1.54) is 19.2 Å². The minimum Gasteiger partial charge on any atom is -0.496 e. The van der Waals surface area contributed by atoms with Crippen molar-refractivity contribution in [1.82, 2.24) is 9.97 Å². The second-order valence-electron chi connectivity index (χ2n) is 4.38. The molecular weight excluding hydrogens is 358 g/mol. The highest BCUT2D eigenvalue weighted by molar-refractivity contribution is 9.10. The fourth-order valence-electron chi connectivity index (χ4n) is 1.76. The van der Waals surface area contributed by atoms with Gasteiger partial charge in [0.2, 0.25) is 5.95 Å². The predicted molar refractivity (Wildman–Crippen MR) is 83.0 cm³/mol. The van der Waals surface area contributed by atoms with Gasteiger partial charge in [-0.15, -0.1) is 0 Å². The Morgan fingerprint density at radius 1 is 1.14 bits per heavy atom. The van der Waals surface area contributed by atoms with E-state index in [9.17, 15) is 8.42 Å². The van der Waals surface area contributed by atoms with Gasteiger partial charge in [-0.1, -0.05) is 0 Å². The summed E-state index contributed by atoms with van der Waals surface area (Å²) < 4.78 is 32.6. The molecule has 0 amide bonds. The molecule has 0 spiro atoms. The molecule has 21 heavy (non-hydrogen) atoms. The first-order valence-corrected chi connectivity index (χ1v) is 8.28. The molecule has 0 saturated carbocycles. The maximum Gasteiger partial charge on any atom is 0.264 e. The molecule has 112 valence electrons. The average molecular weight is 372 g/mol. The standard InChI is InChI=1S/C13H14BrN3O3S/c1-8-6-9(2)16-13(15-8)17-21(18,19)10-4-5-12(20-3)11(14)7-10/h4-7H,1-3H3,(H,15,16,17). The molecule has 0 aliphatic heterocycles. The molecule has 0 bridgehead atoms. The van der Waals surface area contributed by atoms with Gasteiger partial charge in [-0.3, -0.25) is 0 Å². The second kappa shape index (κ2) is 5.98. The Labute approximate surface area is 131 Å². The summed E-state index contributed by atoms with van der Waals surface area (Å²) in [6.07, 6.45) is 0. The maximum absolute atomic E-state index is 12.3. The predicted octanol–water partition coefficient (Wildman–Crippen LogP) is 2.67. The molecule has 0 atom stereocenters. The van der Waals surface area contributed by atoms with E-state index in [1.807, 2.05) is 0 Å². The highest BCUT2D eigenvalue weighted by atomic mass is 79.9. The number of sulfonamides is 1. The summed E-state index contributed by atoms with van der Waals surface area (Å²) in [5.41, 5.74) is 1.38. The van der Waals surface area contributed by atoms with Gasteiger partial charge in [0.15, 0.2) is 0 Å². The topological polar surface area (TPSA) is 81.2 Å². The Morgan fingerprint density at radius 3 is 2.29 bits per heavy atom. The molecular formula is C13H14BrN3O3S. The first-order chi connectivity index (χ1) is 9.81. The van der Waals surface area contributed by atoms with Crippen molar-refractivity contribution >= 4 is 31.9 Å². The van der Waals surface area contributed by atoms with Crippen LogP contribution in [0.4, 0.5) is 5.95 Å². The Balaban J connectivity index is 2.36. The number of hydrogen-bond donors (Lipinski definition) is 1. The van der Waals surface area contributed by atoms with Crippen molar-refractivity contribution in [3.05, 3.63) is 40.1 Å². The summed E-state index contributed by atoms with van der Waals surface area (Å²) in [5, 5.41) is 0. The molecule has 8 heteroatoms. The number of rotatable bonds is 4. The van der Waals surface area contributed by atoms with Gasteiger partial charge in [0.05, 0.1) is 16.5 Å². The van der Waals surface area contributed by atoms with Crippen LogP contribution >= 0.6 is 15.9 Å².